The molecule has 262 valence electrons. The van der Waals surface area contributed by atoms with Crippen molar-refractivity contribution in [1.29, 1.82) is 0 Å². The molecule has 0 aromatic heterocycles. The number of ether oxygens (including phenoxy) is 1. The van der Waals surface area contributed by atoms with Gasteiger partial charge in [0.15, 0.2) is 12.5 Å². The fourth-order valence-electron chi connectivity index (χ4n) is 6.41. The molecule has 1 saturated carbocycles. The van der Waals surface area contributed by atoms with Crippen molar-refractivity contribution in [3.8, 4) is 11.1 Å². The first kappa shape index (κ1) is 36.1. The van der Waals surface area contributed by atoms with E-state index in [1.165, 1.54) is 0 Å². The molecule has 3 aromatic rings. The average Bonchev–Trinajstić information content (AvgIpc) is 3.62. The van der Waals surface area contributed by atoms with E-state index in [2.05, 4.69) is 25.9 Å². The highest BCUT2D eigenvalue weighted by Crippen LogP contribution is 2.32. The van der Waals surface area contributed by atoms with Crippen LogP contribution in [0.15, 0.2) is 82.0 Å². The number of benzene rings is 3. The normalized spacial score (nSPS) is 17.8. The van der Waals surface area contributed by atoms with Gasteiger partial charge in [0, 0.05) is 36.1 Å². The number of rotatable bonds is 12. The number of hydrogen-bond acceptors (Lipinski definition) is 8. The number of alkyl carbamates (subject to hydrolysis) is 1. The Morgan fingerprint density at radius 3 is 2.20 bits per heavy atom. The van der Waals surface area contributed by atoms with E-state index in [1.54, 1.807) is 24.3 Å². The van der Waals surface area contributed by atoms with Crippen molar-refractivity contribution < 1.29 is 29.0 Å². The molecule has 2 aliphatic rings. The smallest absolute Gasteiger partial charge is 0.407 e. The molecule has 50 heavy (non-hydrogen) atoms. The SMILES string of the molecule is Cc1cc(C(=O)O)cc(-c2ccc(C[C@H](CC(=O)C3CCC(CNC(=O)OC(C)(C)C)CC3)C(=O)Nc3ccc(C4=NCN=N4)cc3)cc2)c1. The van der Waals surface area contributed by atoms with Crippen molar-refractivity contribution >= 4 is 35.3 Å². The number of hydrogen-bond donors (Lipinski definition) is 3. The predicted octanol–water partition coefficient (Wildman–Crippen LogP) is 7.62. The number of Topliss-reactive ketones (excluding diaryl/α,β-unsaturated/α-hetero) is 1. The first-order valence-corrected chi connectivity index (χ1v) is 17.1. The van der Waals surface area contributed by atoms with E-state index in [0.717, 1.165) is 40.7 Å². The van der Waals surface area contributed by atoms with E-state index in [9.17, 15) is 24.3 Å². The van der Waals surface area contributed by atoms with E-state index in [4.69, 9.17) is 4.74 Å². The monoisotopic (exact) mass is 679 g/mol. The van der Waals surface area contributed by atoms with E-state index >= 15 is 0 Å². The van der Waals surface area contributed by atoms with Crippen LogP contribution in [0.4, 0.5) is 10.5 Å². The standard InChI is InChI=1S/C39H45N5O6/c1-24-17-30(20-32(18-24)37(47)48)27-9-5-25(6-10-27)19-31(36(46)43-33-15-13-29(14-16-33)35-41-23-42-44-35)21-34(45)28-11-7-26(8-12-28)22-40-38(49)50-39(2,3)4/h5-6,9-10,13-18,20,26,28,31H,7-8,11-12,19,21-23H2,1-4H3,(H,40,49)(H,43,46)(H,47,48)/t26?,28?,31-/m1/s1. The van der Waals surface area contributed by atoms with Gasteiger partial charge in [-0.15, -0.1) is 5.11 Å². The van der Waals surface area contributed by atoms with Gasteiger partial charge in [0.1, 0.15) is 11.4 Å². The van der Waals surface area contributed by atoms with Gasteiger partial charge in [-0.05, 0) is 124 Å². The molecule has 11 nitrogen and oxygen atoms in total. The van der Waals surface area contributed by atoms with Crippen LogP contribution >= 0.6 is 0 Å². The highest BCUT2D eigenvalue weighted by atomic mass is 16.6. The van der Waals surface area contributed by atoms with Gasteiger partial charge in [-0.3, -0.25) is 9.59 Å². The number of carbonyl (C=O) groups excluding carboxylic acids is 3. The second-order valence-electron chi connectivity index (χ2n) is 14.2. The van der Waals surface area contributed by atoms with Crippen molar-refractivity contribution in [3.05, 3.63) is 89.0 Å². The summed E-state index contributed by atoms with van der Waals surface area (Å²) in [5, 5.41) is 23.3. The van der Waals surface area contributed by atoms with Gasteiger partial charge in [0.05, 0.1) is 5.56 Å². The fourth-order valence-corrected chi connectivity index (χ4v) is 6.41. The first-order valence-electron chi connectivity index (χ1n) is 17.1. The summed E-state index contributed by atoms with van der Waals surface area (Å²) in [6.07, 6.45) is 3.06. The minimum Gasteiger partial charge on any atom is -0.478 e. The molecule has 3 N–H and O–H groups in total. The summed E-state index contributed by atoms with van der Waals surface area (Å²) in [7, 11) is 0. The molecule has 0 unspecified atom stereocenters. The van der Waals surface area contributed by atoms with Crippen LogP contribution in [0, 0.1) is 24.7 Å². The molecule has 1 heterocycles. The van der Waals surface area contributed by atoms with Crippen LogP contribution in [0.2, 0.25) is 0 Å². The number of nitrogens with one attached hydrogen (secondary N) is 2. The largest absolute Gasteiger partial charge is 0.478 e. The lowest BCUT2D eigenvalue weighted by atomic mass is 9.77. The number of aryl methyl sites for hydroxylation is 1. The van der Waals surface area contributed by atoms with Crippen LogP contribution in [0.25, 0.3) is 11.1 Å². The second kappa shape index (κ2) is 16.0. The van der Waals surface area contributed by atoms with Crippen LogP contribution in [0.3, 0.4) is 0 Å². The van der Waals surface area contributed by atoms with E-state index in [-0.39, 0.29) is 35.5 Å². The molecule has 0 spiro atoms. The third-order valence-corrected chi connectivity index (χ3v) is 9.01. The third-order valence-electron chi connectivity index (χ3n) is 9.01. The number of aliphatic imine (C=N–C) groups is 1. The second-order valence-corrected chi connectivity index (χ2v) is 14.2. The van der Waals surface area contributed by atoms with Crippen LogP contribution in [-0.4, -0.2) is 53.5 Å². The number of azo groups is 1. The van der Waals surface area contributed by atoms with Crippen molar-refractivity contribution in [1.82, 2.24) is 5.32 Å². The Hall–Kier alpha value is -5.19. The Labute approximate surface area is 292 Å². The zero-order valence-corrected chi connectivity index (χ0v) is 29.1. The van der Waals surface area contributed by atoms with E-state index < -0.39 is 23.6 Å². The molecule has 3 aromatic carbocycles. The molecule has 0 radical (unpaired) electrons. The summed E-state index contributed by atoms with van der Waals surface area (Å²) in [5.41, 5.74) is 4.47. The molecule has 1 atom stereocenters. The zero-order chi connectivity index (χ0) is 35.8. The molecular formula is C39H45N5O6. The van der Waals surface area contributed by atoms with Gasteiger partial charge in [-0.1, -0.05) is 30.3 Å². The summed E-state index contributed by atoms with van der Waals surface area (Å²) in [6, 6.07) is 20.1. The number of aromatic carboxylic acids is 1. The lowest BCUT2D eigenvalue weighted by Gasteiger charge is -2.29. The van der Waals surface area contributed by atoms with Gasteiger partial charge in [-0.25, -0.2) is 14.6 Å². The lowest BCUT2D eigenvalue weighted by molar-refractivity contribution is -0.129. The van der Waals surface area contributed by atoms with Crippen molar-refractivity contribution in [2.75, 3.05) is 18.5 Å². The number of nitrogens with zero attached hydrogens (tertiary/aromatic N) is 3. The van der Waals surface area contributed by atoms with Crippen LogP contribution in [0.1, 0.15) is 79.9 Å². The Balaban J connectivity index is 1.25. The average molecular weight is 680 g/mol. The van der Waals surface area contributed by atoms with Crippen LogP contribution in [-0.2, 0) is 20.7 Å². The molecule has 1 aliphatic carbocycles. The van der Waals surface area contributed by atoms with Crippen molar-refractivity contribution in [2.24, 2.45) is 33.0 Å². The number of anilines is 1. The highest BCUT2D eigenvalue weighted by Gasteiger charge is 2.31. The Bertz CT molecular complexity index is 1770. The van der Waals surface area contributed by atoms with Gasteiger partial charge >= 0.3 is 12.1 Å². The third kappa shape index (κ3) is 10.2. The maximum atomic E-state index is 13.8. The van der Waals surface area contributed by atoms with Gasteiger partial charge < -0.3 is 20.5 Å². The molecule has 1 fully saturated rings. The quantitative estimate of drug-likeness (QED) is 0.179. The first-order chi connectivity index (χ1) is 23.8. The van der Waals surface area contributed by atoms with Gasteiger partial charge in [-0.2, -0.15) is 5.11 Å². The summed E-state index contributed by atoms with van der Waals surface area (Å²) in [5.74, 6) is -1.09. The minimum absolute atomic E-state index is 0.0706. The summed E-state index contributed by atoms with van der Waals surface area (Å²) < 4.78 is 5.35. The van der Waals surface area contributed by atoms with Crippen LogP contribution < -0.4 is 10.6 Å². The molecular weight excluding hydrogens is 634 g/mol. The fraction of sp³-hybridized carbons (Fsp3) is 0.410. The molecule has 0 bridgehead atoms. The maximum Gasteiger partial charge on any atom is 0.407 e. The molecule has 0 saturated heterocycles. The van der Waals surface area contributed by atoms with Gasteiger partial charge in [0.2, 0.25) is 5.91 Å². The Kier molecular flexibility index (Phi) is 11.6. The summed E-state index contributed by atoms with van der Waals surface area (Å²) >= 11 is 0. The number of amidine groups is 1. The van der Waals surface area contributed by atoms with Gasteiger partial charge in [0.25, 0.3) is 0 Å². The maximum absolute atomic E-state index is 13.8. The van der Waals surface area contributed by atoms with Crippen molar-refractivity contribution in [2.45, 2.75) is 71.8 Å². The Morgan fingerprint density at radius 2 is 1.58 bits per heavy atom. The van der Waals surface area contributed by atoms with E-state index in [1.807, 2.05) is 70.2 Å². The number of carbonyl (C=O) groups is 4. The molecule has 11 heteroatoms. The summed E-state index contributed by atoms with van der Waals surface area (Å²) in [4.78, 5) is 55.4. The minimum atomic E-state index is -0.983. The highest BCUT2D eigenvalue weighted by molar-refractivity contribution is 6.01. The predicted molar refractivity (Wildman–Crippen MR) is 191 cm³/mol. The topological polar surface area (TPSA) is 159 Å². The lowest BCUT2D eigenvalue weighted by Crippen LogP contribution is -2.37. The molecule has 1 aliphatic heterocycles. The zero-order valence-electron chi connectivity index (χ0n) is 29.1. The number of carboxylic acids is 1. The van der Waals surface area contributed by atoms with Crippen LogP contribution in [0.5, 0.6) is 0 Å². The van der Waals surface area contributed by atoms with E-state index in [0.29, 0.717) is 44.0 Å². The number of ketones is 1. The summed E-state index contributed by atoms with van der Waals surface area (Å²) in [6.45, 7) is 8.15. The molecule has 5 rings (SSSR count). The van der Waals surface area contributed by atoms with Crippen molar-refractivity contribution in [3.63, 3.8) is 0 Å². The number of amides is 2. The number of carboxylic acid groups (broad SMARTS) is 1. The Morgan fingerprint density at radius 1 is 0.900 bits per heavy atom. The molecule has 2 amide bonds.